The Morgan fingerprint density at radius 2 is 1.30 bits per heavy atom. The first-order valence-corrected chi connectivity index (χ1v) is 9.90. The van der Waals surface area contributed by atoms with Crippen molar-refractivity contribution in [3.63, 3.8) is 0 Å². The van der Waals surface area contributed by atoms with Gasteiger partial charge in [-0.15, -0.1) is 0 Å². The van der Waals surface area contributed by atoms with E-state index in [1.165, 1.54) is 0 Å². The molecular weight excluding hydrogens is 396 g/mol. The lowest BCUT2D eigenvalue weighted by molar-refractivity contribution is -0.115. The predicted octanol–water partition coefficient (Wildman–Crippen LogP) is 5.93. The van der Waals surface area contributed by atoms with Crippen LogP contribution in [0.15, 0.2) is 91.0 Å². The van der Waals surface area contributed by atoms with E-state index in [-0.39, 0.29) is 11.8 Å². The molecule has 2 amide bonds. The third-order valence-corrected chi connectivity index (χ3v) is 5.08. The van der Waals surface area contributed by atoms with Crippen LogP contribution in [0.5, 0.6) is 0 Å². The van der Waals surface area contributed by atoms with Gasteiger partial charge in [-0.05, 0) is 47.3 Å². The average Bonchev–Trinajstić information content (AvgIpc) is 2.76. The summed E-state index contributed by atoms with van der Waals surface area (Å²) in [5, 5.41) is 8.01. The molecule has 0 aliphatic carbocycles. The van der Waals surface area contributed by atoms with E-state index in [9.17, 15) is 9.59 Å². The lowest BCUT2D eigenvalue weighted by atomic mass is 10.0. The molecule has 0 unspecified atom stereocenters. The normalized spacial score (nSPS) is 10.6. The fourth-order valence-electron chi connectivity index (χ4n) is 3.29. The van der Waals surface area contributed by atoms with E-state index in [0.29, 0.717) is 28.4 Å². The summed E-state index contributed by atoms with van der Waals surface area (Å²) in [7, 11) is 0. The Balaban J connectivity index is 1.43. The van der Waals surface area contributed by atoms with E-state index < -0.39 is 0 Å². The van der Waals surface area contributed by atoms with Crippen LogP contribution >= 0.6 is 11.6 Å². The Labute approximate surface area is 179 Å². The first kappa shape index (κ1) is 19.7. The monoisotopic (exact) mass is 414 g/mol. The highest BCUT2D eigenvalue weighted by molar-refractivity contribution is 6.36. The van der Waals surface area contributed by atoms with Crippen LogP contribution < -0.4 is 10.6 Å². The molecule has 0 saturated heterocycles. The minimum Gasteiger partial charge on any atom is -0.326 e. The number of benzene rings is 4. The molecule has 0 aliphatic rings. The molecule has 4 rings (SSSR count). The molecule has 4 aromatic carbocycles. The van der Waals surface area contributed by atoms with Crippen molar-refractivity contribution >= 4 is 45.6 Å². The van der Waals surface area contributed by atoms with Crippen LogP contribution in [-0.4, -0.2) is 11.8 Å². The average molecular weight is 415 g/mol. The summed E-state index contributed by atoms with van der Waals surface area (Å²) in [5.41, 5.74) is 2.82. The van der Waals surface area contributed by atoms with Crippen molar-refractivity contribution in [1.29, 1.82) is 0 Å². The molecule has 0 bridgehead atoms. The van der Waals surface area contributed by atoms with Crippen molar-refractivity contribution in [1.82, 2.24) is 0 Å². The summed E-state index contributed by atoms with van der Waals surface area (Å²) in [6.45, 7) is 0. The number of amides is 2. The predicted molar refractivity (Wildman–Crippen MR) is 122 cm³/mol. The van der Waals surface area contributed by atoms with Gasteiger partial charge >= 0.3 is 0 Å². The van der Waals surface area contributed by atoms with Gasteiger partial charge in [0.2, 0.25) is 5.91 Å². The quantitative estimate of drug-likeness (QED) is 0.425. The first-order valence-electron chi connectivity index (χ1n) is 9.52. The van der Waals surface area contributed by atoms with Gasteiger partial charge in [0.25, 0.3) is 5.91 Å². The fraction of sp³-hybridized carbons (Fsp3) is 0.0400. The third-order valence-electron chi connectivity index (χ3n) is 4.75. The zero-order chi connectivity index (χ0) is 20.9. The first-order chi connectivity index (χ1) is 14.6. The van der Waals surface area contributed by atoms with Gasteiger partial charge in [-0.2, -0.15) is 0 Å². The molecule has 0 radical (unpaired) electrons. The van der Waals surface area contributed by atoms with Crippen LogP contribution in [-0.2, 0) is 11.2 Å². The molecule has 2 N–H and O–H groups in total. The van der Waals surface area contributed by atoms with E-state index in [1.807, 2.05) is 54.6 Å². The number of anilines is 2. The molecular formula is C25H19ClN2O2. The topological polar surface area (TPSA) is 58.2 Å². The van der Waals surface area contributed by atoms with Gasteiger partial charge in [0.1, 0.15) is 0 Å². The molecule has 148 valence electrons. The van der Waals surface area contributed by atoms with Crippen LogP contribution in [0.25, 0.3) is 10.8 Å². The number of fused-ring (bicyclic) bond motifs is 1. The number of hydrogen-bond acceptors (Lipinski definition) is 2. The Morgan fingerprint density at radius 3 is 2.03 bits per heavy atom. The highest BCUT2D eigenvalue weighted by Gasteiger charge is 2.12. The van der Waals surface area contributed by atoms with Crippen LogP contribution in [0.1, 0.15) is 15.9 Å². The minimum atomic E-state index is -0.219. The minimum absolute atomic E-state index is 0.0920. The van der Waals surface area contributed by atoms with Gasteiger partial charge < -0.3 is 10.6 Å². The van der Waals surface area contributed by atoms with Crippen LogP contribution in [0.3, 0.4) is 0 Å². The summed E-state index contributed by atoms with van der Waals surface area (Å²) in [5.74, 6) is -0.311. The third kappa shape index (κ3) is 4.50. The summed E-state index contributed by atoms with van der Waals surface area (Å²) in [6.07, 6.45) is 0.309. The van der Waals surface area contributed by atoms with E-state index in [0.717, 1.165) is 16.3 Å². The van der Waals surface area contributed by atoms with E-state index >= 15 is 0 Å². The van der Waals surface area contributed by atoms with Crippen LogP contribution in [0.4, 0.5) is 11.4 Å². The Morgan fingerprint density at radius 1 is 0.667 bits per heavy atom. The van der Waals surface area contributed by atoms with Crippen molar-refractivity contribution in [2.75, 3.05) is 10.6 Å². The van der Waals surface area contributed by atoms with Crippen molar-refractivity contribution in [3.05, 3.63) is 107 Å². The van der Waals surface area contributed by atoms with Crippen molar-refractivity contribution in [2.45, 2.75) is 6.42 Å². The number of carbonyl (C=O) groups is 2. The summed E-state index contributed by atoms with van der Waals surface area (Å²) < 4.78 is 0. The smallest absolute Gasteiger partial charge is 0.256 e. The molecule has 0 saturated carbocycles. The number of hydrogen-bond donors (Lipinski definition) is 2. The molecule has 4 nitrogen and oxygen atoms in total. The molecule has 0 heterocycles. The SMILES string of the molecule is O=C(Cc1ccccc1)Nc1ccc(NC(=O)c2cccc3c(Cl)cccc23)cc1. The maximum Gasteiger partial charge on any atom is 0.256 e. The van der Waals surface area contributed by atoms with E-state index in [4.69, 9.17) is 11.6 Å². The van der Waals surface area contributed by atoms with Gasteiger partial charge in [-0.25, -0.2) is 0 Å². The van der Waals surface area contributed by atoms with Crippen molar-refractivity contribution in [2.24, 2.45) is 0 Å². The largest absolute Gasteiger partial charge is 0.326 e. The van der Waals surface area contributed by atoms with Gasteiger partial charge in [0, 0.05) is 27.3 Å². The molecule has 4 aromatic rings. The maximum atomic E-state index is 12.8. The second-order valence-corrected chi connectivity index (χ2v) is 7.29. The lowest BCUT2D eigenvalue weighted by Crippen LogP contribution is -2.15. The van der Waals surface area contributed by atoms with E-state index in [1.54, 1.807) is 36.4 Å². The number of carbonyl (C=O) groups excluding carboxylic acids is 2. The fourth-order valence-corrected chi connectivity index (χ4v) is 3.53. The Kier molecular flexibility index (Phi) is 5.77. The molecule has 5 heteroatoms. The van der Waals surface area contributed by atoms with Crippen molar-refractivity contribution < 1.29 is 9.59 Å². The van der Waals surface area contributed by atoms with E-state index in [2.05, 4.69) is 10.6 Å². The van der Waals surface area contributed by atoms with Gasteiger partial charge in [0.05, 0.1) is 6.42 Å². The molecule has 0 atom stereocenters. The molecule has 0 aliphatic heterocycles. The van der Waals surface area contributed by atoms with Gasteiger partial charge in [-0.3, -0.25) is 9.59 Å². The Hall–Kier alpha value is -3.63. The highest BCUT2D eigenvalue weighted by atomic mass is 35.5. The second-order valence-electron chi connectivity index (χ2n) is 6.88. The Bertz CT molecular complexity index is 1200. The molecule has 0 fully saturated rings. The highest BCUT2D eigenvalue weighted by Crippen LogP contribution is 2.26. The molecule has 0 aromatic heterocycles. The molecule has 0 spiro atoms. The maximum absolute atomic E-state index is 12.8. The molecule has 30 heavy (non-hydrogen) atoms. The summed E-state index contributed by atoms with van der Waals surface area (Å²) >= 11 is 6.24. The zero-order valence-corrected chi connectivity index (χ0v) is 16.8. The lowest BCUT2D eigenvalue weighted by Gasteiger charge is -2.10. The standard InChI is InChI=1S/C25H19ClN2O2/c26-23-11-5-8-20-21(23)9-4-10-22(20)25(30)28-19-14-12-18(13-15-19)27-24(29)16-17-6-2-1-3-7-17/h1-15H,16H2,(H,27,29)(H,28,30). The van der Waals surface area contributed by atoms with Crippen LogP contribution in [0, 0.1) is 0 Å². The number of rotatable bonds is 5. The number of nitrogens with one attached hydrogen (secondary N) is 2. The summed E-state index contributed by atoms with van der Waals surface area (Å²) in [4.78, 5) is 25.0. The van der Waals surface area contributed by atoms with Gasteiger partial charge in [0.15, 0.2) is 0 Å². The zero-order valence-electron chi connectivity index (χ0n) is 16.1. The van der Waals surface area contributed by atoms with Crippen molar-refractivity contribution in [3.8, 4) is 0 Å². The van der Waals surface area contributed by atoms with Gasteiger partial charge in [-0.1, -0.05) is 66.2 Å². The van der Waals surface area contributed by atoms with Crippen LogP contribution in [0.2, 0.25) is 5.02 Å². The summed E-state index contributed by atoms with van der Waals surface area (Å²) in [6, 6.07) is 27.6. The second kappa shape index (κ2) is 8.80. The number of halogens is 1.